The molecular weight excluding hydrogens is 487 g/mol. The van der Waals surface area contributed by atoms with E-state index in [1.54, 1.807) is 0 Å². The molecule has 0 bridgehead atoms. The van der Waals surface area contributed by atoms with Crippen molar-refractivity contribution in [3.63, 3.8) is 0 Å². The predicted octanol–water partition coefficient (Wildman–Crippen LogP) is 4.16. The first-order valence-electron chi connectivity index (χ1n) is 12.6. The van der Waals surface area contributed by atoms with Crippen LogP contribution >= 0.6 is 24.0 Å². The number of nitrogens with one attached hydrogen (secondary N) is 2. The van der Waals surface area contributed by atoms with Gasteiger partial charge in [-0.15, -0.1) is 24.0 Å². The first-order chi connectivity index (χ1) is 14.3. The van der Waals surface area contributed by atoms with E-state index in [0.29, 0.717) is 29.5 Å². The van der Waals surface area contributed by atoms with Crippen LogP contribution in [0.2, 0.25) is 0 Å². The van der Waals surface area contributed by atoms with Gasteiger partial charge in [-0.3, -0.25) is 4.99 Å². The molecule has 0 radical (unpaired) electrons. The van der Waals surface area contributed by atoms with E-state index in [1.165, 1.54) is 96.7 Å². The lowest BCUT2D eigenvalue weighted by Gasteiger charge is -2.57. The highest BCUT2D eigenvalue weighted by Gasteiger charge is 2.65. The quantitative estimate of drug-likeness (QED) is 0.326. The number of guanidine groups is 1. The van der Waals surface area contributed by atoms with Crippen molar-refractivity contribution in [3.05, 3.63) is 0 Å². The highest BCUT2D eigenvalue weighted by Crippen LogP contribution is 2.60. The van der Waals surface area contributed by atoms with Crippen LogP contribution in [0.4, 0.5) is 0 Å². The van der Waals surface area contributed by atoms with E-state index < -0.39 is 0 Å². The third-order valence-corrected chi connectivity index (χ3v) is 8.97. The molecule has 1 spiro atoms. The van der Waals surface area contributed by atoms with Gasteiger partial charge >= 0.3 is 0 Å². The SMILES string of the molecule is CN=C(NC1CCN(CC2CCCCC2)CC1)NC1C2CCOC2C12CCCC2.I. The summed E-state index contributed by atoms with van der Waals surface area (Å²) in [5.74, 6) is 2.70. The van der Waals surface area contributed by atoms with Crippen molar-refractivity contribution in [1.82, 2.24) is 15.5 Å². The second-order valence-electron chi connectivity index (χ2n) is 10.6. The summed E-state index contributed by atoms with van der Waals surface area (Å²) in [6.07, 6.45) is 17.0. The van der Waals surface area contributed by atoms with Gasteiger partial charge in [0, 0.05) is 56.7 Å². The van der Waals surface area contributed by atoms with Crippen LogP contribution in [0.25, 0.3) is 0 Å². The summed E-state index contributed by atoms with van der Waals surface area (Å²) < 4.78 is 6.15. The summed E-state index contributed by atoms with van der Waals surface area (Å²) in [7, 11) is 1.94. The number of aliphatic imine (C=N–C) groups is 1. The lowest BCUT2D eigenvalue weighted by Crippen LogP contribution is -2.69. The Balaban J connectivity index is 0.00000218. The number of likely N-dealkylation sites (tertiary alicyclic amines) is 1. The standard InChI is InChI=1S/C24H42N4O.HI/c1-25-23(27-21-20-11-16-29-22(20)24(21)12-5-6-13-24)26-19-9-14-28(15-10-19)17-18-7-3-2-4-8-18;/h18-22H,2-17H2,1H3,(H2,25,26,27);1H. The number of nitrogens with zero attached hydrogens (tertiary/aromatic N) is 2. The zero-order chi connectivity index (χ0) is 19.7. The summed E-state index contributed by atoms with van der Waals surface area (Å²) in [6, 6.07) is 1.13. The normalized spacial score (nSPS) is 35.0. The molecule has 30 heavy (non-hydrogen) atoms. The Morgan fingerprint density at radius 2 is 1.70 bits per heavy atom. The molecule has 5 aliphatic rings. The minimum absolute atomic E-state index is 0. The third kappa shape index (κ3) is 4.52. The average molecular weight is 531 g/mol. The van der Waals surface area contributed by atoms with Gasteiger partial charge in [0.2, 0.25) is 0 Å². The Morgan fingerprint density at radius 3 is 2.40 bits per heavy atom. The first kappa shape index (κ1) is 23.1. The van der Waals surface area contributed by atoms with E-state index in [1.807, 2.05) is 7.05 Å². The zero-order valence-electron chi connectivity index (χ0n) is 18.9. The number of ether oxygens (including phenoxy) is 1. The van der Waals surface area contributed by atoms with Crippen molar-refractivity contribution in [1.29, 1.82) is 0 Å². The topological polar surface area (TPSA) is 48.9 Å². The van der Waals surface area contributed by atoms with E-state index in [-0.39, 0.29) is 24.0 Å². The van der Waals surface area contributed by atoms with Gasteiger partial charge in [-0.1, -0.05) is 32.1 Å². The van der Waals surface area contributed by atoms with Gasteiger partial charge in [0.25, 0.3) is 0 Å². The molecule has 3 atom stereocenters. The van der Waals surface area contributed by atoms with Gasteiger partial charge in [-0.25, -0.2) is 0 Å². The highest BCUT2D eigenvalue weighted by molar-refractivity contribution is 14.0. The second-order valence-corrected chi connectivity index (χ2v) is 10.6. The van der Waals surface area contributed by atoms with Crippen molar-refractivity contribution in [2.24, 2.45) is 22.2 Å². The number of hydrogen-bond acceptors (Lipinski definition) is 3. The molecule has 6 heteroatoms. The van der Waals surface area contributed by atoms with E-state index in [2.05, 4.69) is 20.5 Å². The Kier molecular flexibility index (Phi) is 7.88. The maximum atomic E-state index is 6.15. The fourth-order valence-corrected chi connectivity index (χ4v) is 7.41. The summed E-state index contributed by atoms with van der Waals surface area (Å²) >= 11 is 0. The van der Waals surface area contributed by atoms with E-state index in [0.717, 1.165) is 18.5 Å². The largest absolute Gasteiger partial charge is 0.377 e. The van der Waals surface area contributed by atoms with Gasteiger partial charge in [0.1, 0.15) is 0 Å². The molecule has 0 aromatic rings. The molecule has 0 aromatic carbocycles. The molecular formula is C24H43IN4O. The smallest absolute Gasteiger partial charge is 0.191 e. The summed E-state index contributed by atoms with van der Waals surface area (Å²) in [5.41, 5.74) is 0.391. The zero-order valence-corrected chi connectivity index (χ0v) is 21.2. The van der Waals surface area contributed by atoms with Gasteiger partial charge in [-0.2, -0.15) is 0 Å². The second kappa shape index (κ2) is 10.2. The molecule has 5 rings (SSSR count). The summed E-state index contributed by atoms with van der Waals surface area (Å²) in [4.78, 5) is 7.35. The Bertz CT molecular complexity index is 580. The van der Waals surface area contributed by atoms with E-state index >= 15 is 0 Å². The minimum Gasteiger partial charge on any atom is -0.377 e. The lowest BCUT2D eigenvalue weighted by atomic mass is 9.54. The Hall–Kier alpha value is -0.0800. The average Bonchev–Trinajstić information content (AvgIpc) is 3.42. The molecule has 2 N–H and O–H groups in total. The lowest BCUT2D eigenvalue weighted by molar-refractivity contribution is -0.125. The van der Waals surface area contributed by atoms with Crippen molar-refractivity contribution >= 4 is 29.9 Å². The van der Waals surface area contributed by atoms with Crippen LogP contribution in [0.3, 0.4) is 0 Å². The maximum absolute atomic E-state index is 6.15. The fraction of sp³-hybridized carbons (Fsp3) is 0.958. The van der Waals surface area contributed by atoms with E-state index in [9.17, 15) is 0 Å². The number of fused-ring (bicyclic) bond motifs is 2. The van der Waals surface area contributed by atoms with Gasteiger partial charge in [0.15, 0.2) is 5.96 Å². The molecule has 3 saturated carbocycles. The van der Waals surface area contributed by atoms with Crippen LogP contribution in [-0.4, -0.2) is 62.3 Å². The summed E-state index contributed by atoms with van der Waals surface area (Å²) in [5, 5.41) is 7.66. The summed E-state index contributed by atoms with van der Waals surface area (Å²) in [6.45, 7) is 4.79. The number of rotatable bonds is 4. The molecule has 0 aromatic heterocycles. The van der Waals surface area contributed by atoms with Crippen LogP contribution in [0, 0.1) is 17.3 Å². The van der Waals surface area contributed by atoms with Gasteiger partial charge < -0.3 is 20.3 Å². The Morgan fingerprint density at radius 1 is 0.967 bits per heavy atom. The third-order valence-electron chi connectivity index (χ3n) is 8.97. The predicted molar refractivity (Wildman–Crippen MR) is 134 cm³/mol. The monoisotopic (exact) mass is 530 g/mol. The van der Waals surface area contributed by atoms with E-state index in [4.69, 9.17) is 4.74 Å². The molecule has 5 nitrogen and oxygen atoms in total. The van der Waals surface area contributed by atoms with Gasteiger partial charge in [0.05, 0.1) is 6.10 Å². The number of hydrogen-bond donors (Lipinski definition) is 2. The molecule has 3 unspecified atom stereocenters. The molecule has 2 saturated heterocycles. The van der Waals surface area contributed by atoms with Crippen molar-refractivity contribution in [2.75, 3.05) is 33.3 Å². The molecule has 3 aliphatic carbocycles. The molecule has 2 heterocycles. The number of halogens is 1. The van der Waals surface area contributed by atoms with Crippen molar-refractivity contribution in [2.45, 2.75) is 95.2 Å². The van der Waals surface area contributed by atoms with Crippen LogP contribution in [-0.2, 0) is 4.74 Å². The fourth-order valence-electron chi connectivity index (χ4n) is 7.41. The number of piperidine rings is 1. The van der Waals surface area contributed by atoms with Gasteiger partial charge in [-0.05, 0) is 50.9 Å². The van der Waals surface area contributed by atoms with Crippen LogP contribution < -0.4 is 10.6 Å². The minimum atomic E-state index is 0. The van der Waals surface area contributed by atoms with Crippen molar-refractivity contribution in [3.8, 4) is 0 Å². The van der Waals surface area contributed by atoms with Crippen LogP contribution in [0.1, 0.15) is 77.0 Å². The first-order valence-corrected chi connectivity index (χ1v) is 12.6. The molecule has 172 valence electrons. The van der Waals surface area contributed by atoms with Crippen molar-refractivity contribution < 1.29 is 4.74 Å². The Labute approximate surface area is 200 Å². The molecule has 5 fully saturated rings. The van der Waals surface area contributed by atoms with Crippen LogP contribution in [0.5, 0.6) is 0 Å². The maximum Gasteiger partial charge on any atom is 0.191 e. The molecule has 2 aliphatic heterocycles. The highest BCUT2D eigenvalue weighted by atomic mass is 127. The van der Waals surface area contributed by atoms with Crippen LogP contribution in [0.15, 0.2) is 4.99 Å². The molecule has 0 amide bonds.